The largest absolute Gasteiger partial charge is 0.473 e. The highest BCUT2D eigenvalue weighted by Crippen LogP contribution is 2.27. The van der Waals surface area contributed by atoms with Crippen molar-refractivity contribution in [2.45, 2.75) is 38.8 Å². The van der Waals surface area contributed by atoms with Crippen LogP contribution in [0.2, 0.25) is 0 Å². The summed E-state index contributed by atoms with van der Waals surface area (Å²) in [5.41, 5.74) is 9.19. The Kier molecular flexibility index (Phi) is 9.14. The van der Waals surface area contributed by atoms with Gasteiger partial charge in [0.2, 0.25) is 11.8 Å². The molecule has 0 aliphatic carbocycles. The number of carbonyl (C=O) groups excluding carboxylic acids is 2. The van der Waals surface area contributed by atoms with E-state index in [-0.39, 0.29) is 25.4 Å². The molecule has 0 saturated heterocycles. The fourth-order valence-corrected chi connectivity index (χ4v) is 3.63. The van der Waals surface area contributed by atoms with Gasteiger partial charge in [0.05, 0.1) is 17.9 Å². The maximum Gasteiger partial charge on any atom is 0.322 e. The Balaban J connectivity index is 1.34. The van der Waals surface area contributed by atoms with Crippen molar-refractivity contribution >= 4 is 17.7 Å². The number of anilines is 1. The average molecular weight is 516 g/mol. The van der Waals surface area contributed by atoms with Crippen molar-refractivity contribution in [2.24, 2.45) is 5.73 Å². The van der Waals surface area contributed by atoms with E-state index in [1.54, 1.807) is 31.5 Å². The van der Waals surface area contributed by atoms with Gasteiger partial charge in [0, 0.05) is 37.4 Å². The predicted molar refractivity (Wildman–Crippen MR) is 140 cm³/mol. The third-order valence-corrected chi connectivity index (χ3v) is 5.59. The number of nitrogens with one attached hydrogen (secondary N) is 1. The van der Waals surface area contributed by atoms with Gasteiger partial charge in [0.1, 0.15) is 18.5 Å². The molecule has 1 aromatic carbocycles. The minimum atomic E-state index is -0.858. The molecule has 4 rings (SSSR count). The summed E-state index contributed by atoms with van der Waals surface area (Å²) in [6, 6.07) is 18.1. The van der Waals surface area contributed by atoms with Crippen LogP contribution in [0.4, 0.5) is 5.82 Å². The van der Waals surface area contributed by atoms with Crippen LogP contribution in [0.5, 0.6) is 5.88 Å². The molecule has 10 nitrogen and oxygen atoms in total. The molecule has 196 valence electrons. The third kappa shape index (κ3) is 7.47. The Hall–Kier alpha value is -4.57. The number of esters is 1. The molecule has 1 atom stereocenters. The van der Waals surface area contributed by atoms with E-state index >= 15 is 0 Å². The molecule has 38 heavy (non-hydrogen) atoms. The number of hydrogen-bond acceptors (Lipinski definition) is 9. The first-order valence-electron chi connectivity index (χ1n) is 12.3. The Morgan fingerprint density at radius 3 is 2.58 bits per heavy atom. The lowest BCUT2D eigenvalue weighted by Crippen LogP contribution is -2.33. The van der Waals surface area contributed by atoms with Gasteiger partial charge in [-0.15, -0.1) is 0 Å². The quantitative estimate of drug-likeness (QED) is 0.268. The number of aromatic nitrogens is 3. The zero-order valence-corrected chi connectivity index (χ0v) is 21.0. The summed E-state index contributed by atoms with van der Waals surface area (Å²) in [5, 5.41) is 6.95. The first kappa shape index (κ1) is 26.5. The number of pyridine rings is 2. The van der Waals surface area contributed by atoms with Crippen molar-refractivity contribution in [2.75, 3.05) is 11.9 Å². The summed E-state index contributed by atoms with van der Waals surface area (Å²) in [5.74, 6) is 0.545. The molecule has 3 N–H and O–H groups in total. The van der Waals surface area contributed by atoms with Crippen LogP contribution in [-0.2, 0) is 27.4 Å². The minimum Gasteiger partial charge on any atom is -0.473 e. The highest BCUT2D eigenvalue weighted by atomic mass is 16.5. The van der Waals surface area contributed by atoms with Gasteiger partial charge >= 0.3 is 5.97 Å². The van der Waals surface area contributed by atoms with E-state index < -0.39 is 12.0 Å². The molecular formula is C28H29N5O5. The van der Waals surface area contributed by atoms with E-state index in [0.717, 1.165) is 16.8 Å². The molecule has 0 bridgehead atoms. The topological polar surface area (TPSA) is 142 Å². The Morgan fingerprint density at radius 2 is 1.82 bits per heavy atom. The van der Waals surface area contributed by atoms with Crippen LogP contribution in [0.25, 0.3) is 11.3 Å². The van der Waals surface area contributed by atoms with Crippen LogP contribution < -0.4 is 15.8 Å². The van der Waals surface area contributed by atoms with E-state index in [2.05, 4.69) is 20.4 Å². The molecular weight excluding hydrogens is 486 g/mol. The zero-order chi connectivity index (χ0) is 26.7. The lowest BCUT2D eigenvalue weighted by molar-refractivity contribution is -0.144. The highest BCUT2D eigenvalue weighted by Gasteiger charge is 2.18. The van der Waals surface area contributed by atoms with Crippen LogP contribution in [0.1, 0.15) is 36.6 Å². The lowest BCUT2D eigenvalue weighted by Gasteiger charge is -2.11. The number of carbonyl (C=O) groups is 2. The maximum absolute atomic E-state index is 12.5. The molecule has 0 spiro atoms. The van der Waals surface area contributed by atoms with E-state index in [9.17, 15) is 9.59 Å². The first-order chi connectivity index (χ1) is 18.5. The van der Waals surface area contributed by atoms with E-state index in [0.29, 0.717) is 36.0 Å². The van der Waals surface area contributed by atoms with Crippen LogP contribution in [0, 0.1) is 0 Å². The maximum atomic E-state index is 12.5. The second kappa shape index (κ2) is 13.1. The SMILES string of the molecule is CCOC(=O)C(N)CCC(=O)Nc1ncccc1-c1cc(Cc2ccc(COc3ccccn3)cc2)no1. The zero-order valence-electron chi connectivity index (χ0n) is 21.0. The number of amides is 1. The molecule has 0 saturated carbocycles. The van der Waals surface area contributed by atoms with Gasteiger partial charge < -0.3 is 25.0 Å². The van der Waals surface area contributed by atoms with E-state index in [1.165, 1.54) is 0 Å². The van der Waals surface area contributed by atoms with Crippen LogP contribution in [0.15, 0.2) is 77.6 Å². The van der Waals surface area contributed by atoms with Gasteiger partial charge in [-0.25, -0.2) is 9.97 Å². The molecule has 1 unspecified atom stereocenters. The van der Waals surface area contributed by atoms with Crippen molar-refractivity contribution < 1.29 is 23.6 Å². The smallest absolute Gasteiger partial charge is 0.322 e. The van der Waals surface area contributed by atoms with Crippen LogP contribution >= 0.6 is 0 Å². The summed E-state index contributed by atoms with van der Waals surface area (Å²) in [6.45, 7) is 2.37. The van der Waals surface area contributed by atoms with E-state index in [1.807, 2.05) is 48.5 Å². The highest BCUT2D eigenvalue weighted by molar-refractivity contribution is 5.93. The number of benzene rings is 1. The molecule has 1 amide bonds. The summed E-state index contributed by atoms with van der Waals surface area (Å²) in [6.07, 6.45) is 4.03. The summed E-state index contributed by atoms with van der Waals surface area (Å²) < 4.78 is 16.1. The molecule has 4 aromatic rings. The second-order valence-electron chi connectivity index (χ2n) is 8.48. The van der Waals surface area contributed by atoms with Gasteiger partial charge in [-0.2, -0.15) is 0 Å². The monoisotopic (exact) mass is 515 g/mol. The molecule has 0 aliphatic heterocycles. The fourth-order valence-electron chi connectivity index (χ4n) is 3.63. The van der Waals surface area contributed by atoms with Crippen molar-refractivity contribution in [1.29, 1.82) is 0 Å². The third-order valence-electron chi connectivity index (χ3n) is 5.59. The summed E-state index contributed by atoms with van der Waals surface area (Å²) in [4.78, 5) is 32.6. The molecule has 3 heterocycles. The van der Waals surface area contributed by atoms with Crippen molar-refractivity contribution in [1.82, 2.24) is 15.1 Å². The molecule has 0 fully saturated rings. The van der Waals surface area contributed by atoms with E-state index in [4.69, 9.17) is 19.7 Å². The second-order valence-corrected chi connectivity index (χ2v) is 8.48. The number of rotatable bonds is 12. The Labute approximate surface area is 220 Å². The lowest BCUT2D eigenvalue weighted by atomic mass is 10.1. The van der Waals surface area contributed by atoms with Gasteiger partial charge in [0.15, 0.2) is 5.76 Å². The van der Waals surface area contributed by atoms with Gasteiger partial charge in [-0.1, -0.05) is 35.5 Å². The van der Waals surface area contributed by atoms with Crippen molar-refractivity contribution in [3.05, 3.63) is 89.9 Å². The van der Waals surface area contributed by atoms with Gasteiger partial charge in [-0.3, -0.25) is 9.59 Å². The number of nitrogens with zero attached hydrogens (tertiary/aromatic N) is 3. The van der Waals surface area contributed by atoms with Crippen molar-refractivity contribution in [3.8, 4) is 17.2 Å². The van der Waals surface area contributed by atoms with Crippen LogP contribution in [-0.4, -0.2) is 39.6 Å². The predicted octanol–water partition coefficient (Wildman–Crippen LogP) is 3.91. The molecule has 0 radical (unpaired) electrons. The Morgan fingerprint density at radius 1 is 1.03 bits per heavy atom. The minimum absolute atomic E-state index is 0.0422. The number of hydrogen-bond donors (Lipinski definition) is 2. The summed E-state index contributed by atoms with van der Waals surface area (Å²) >= 11 is 0. The molecule has 10 heteroatoms. The first-order valence-corrected chi connectivity index (χ1v) is 12.3. The normalized spacial score (nSPS) is 11.5. The molecule has 3 aromatic heterocycles. The Bertz CT molecular complexity index is 1340. The fraction of sp³-hybridized carbons (Fsp3) is 0.250. The van der Waals surface area contributed by atoms with Gasteiger partial charge in [0.25, 0.3) is 0 Å². The van der Waals surface area contributed by atoms with Gasteiger partial charge in [-0.05, 0) is 42.7 Å². The molecule has 0 aliphatic rings. The van der Waals surface area contributed by atoms with Crippen LogP contribution in [0.3, 0.4) is 0 Å². The number of nitrogens with two attached hydrogens (primary N) is 1. The summed E-state index contributed by atoms with van der Waals surface area (Å²) in [7, 11) is 0. The standard InChI is InChI=1S/C28H29N5O5/c1-2-36-28(35)23(29)12-13-25(34)32-27-22(6-5-15-31-27)24-17-21(33-38-24)16-19-8-10-20(11-9-19)18-37-26-7-3-4-14-30-26/h3-11,14-15,17,23H,2,12-13,16,18,29H2,1H3,(H,31,32,34). The van der Waals surface area contributed by atoms with Crippen molar-refractivity contribution in [3.63, 3.8) is 0 Å². The number of ether oxygens (including phenoxy) is 2. The average Bonchev–Trinajstić information content (AvgIpc) is 3.40.